The summed E-state index contributed by atoms with van der Waals surface area (Å²) in [6.45, 7) is 0. The molecule has 112 valence electrons. The van der Waals surface area contributed by atoms with Gasteiger partial charge in [-0.15, -0.1) is 4.74 Å². The Morgan fingerprint density at radius 3 is 2.26 bits per heavy atom. The van der Waals surface area contributed by atoms with E-state index in [2.05, 4.69) is 21.0 Å². The fourth-order valence-corrected chi connectivity index (χ4v) is 2.71. The molecule has 1 saturated heterocycles. The van der Waals surface area contributed by atoms with Crippen LogP contribution in [0.2, 0.25) is 0 Å². The molecule has 0 unspecified atom stereocenters. The van der Waals surface area contributed by atoms with Crippen molar-refractivity contribution in [3.63, 3.8) is 0 Å². The van der Waals surface area contributed by atoms with Crippen molar-refractivity contribution in [1.29, 1.82) is 0 Å². The van der Waals surface area contributed by atoms with Gasteiger partial charge < -0.3 is 15.3 Å². The minimum absolute atomic E-state index is 0.0487. The molecule has 2 radical (unpaired) electrons. The van der Waals surface area contributed by atoms with Crippen LogP contribution in [-0.2, 0) is 23.6 Å². The fraction of sp³-hybridized carbons (Fsp3) is 1.00. The molecule has 0 saturated carbocycles. The number of hydrogen-bond acceptors (Lipinski definition) is 7. The molecule has 9 N–H and O–H groups in total. The number of methoxy groups -OCH3 is 1. The Balaban J connectivity index is 2.62. The number of rotatable bonds is 6. The summed E-state index contributed by atoms with van der Waals surface area (Å²) >= 11 is 0. The highest BCUT2D eigenvalue weighted by atomic mass is 31.2. The Kier molecular flexibility index (Phi) is 6.43. The maximum Gasteiger partial charge on any atom is 0.576 e. The number of ether oxygens (including phenoxy) is 2. The first-order valence-electron chi connectivity index (χ1n) is 5.57. The molecule has 0 aliphatic carbocycles. The lowest BCUT2D eigenvalue weighted by Crippen LogP contribution is -2.58. The van der Waals surface area contributed by atoms with Crippen LogP contribution >= 0.6 is 7.94 Å². The van der Waals surface area contributed by atoms with Crippen molar-refractivity contribution in [3.05, 3.63) is 0 Å². The van der Waals surface area contributed by atoms with Crippen molar-refractivity contribution in [2.45, 2.75) is 37.1 Å². The summed E-state index contributed by atoms with van der Waals surface area (Å²) in [5.41, 5.74) is 0. The minimum Gasteiger partial charge on any atom is -0.388 e. The van der Waals surface area contributed by atoms with E-state index in [9.17, 15) is 20.2 Å². The van der Waals surface area contributed by atoms with Gasteiger partial charge in [0.25, 0.3) is 0 Å². The molecule has 1 fully saturated rings. The largest absolute Gasteiger partial charge is 0.576 e. The molecule has 1 rings (SSSR count). The molecule has 1 heterocycles. The molecule has 0 spiro atoms. The van der Waals surface area contributed by atoms with Crippen LogP contribution in [0.15, 0.2) is 0 Å². The van der Waals surface area contributed by atoms with Crippen molar-refractivity contribution < 1.29 is 50.7 Å². The molecule has 5 atom stereocenters. The zero-order chi connectivity index (χ0) is 14.6. The quantitative estimate of drug-likeness (QED) is 0.191. The predicted octanol–water partition coefficient (Wildman–Crippen LogP) is -3.63. The van der Waals surface area contributed by atoms with E-state index in [0.29, 0.717) is 0 Å². The van der Waals surface area contributed by atoms with Crippen LogP contribution in [0.5, 0.6) is 0 Å². The summed E-state index contributed by atoms with van der Waals surface area (Å²) in [4.78, 5) is 11.7. The maximum absolute atomic E-state index is 11.7. The second-order valence-corrected chi connectivity index (χ2v) is 6.32. The molecule has 0 aromatic rings. The van der Waals surface area contributed by atoms with Crippen molar-refractivity contribution in [2.24, 2.45) is 0 Å². The van der Waals surface area contributed by atoms with Crippen LogP contribution in [-0.4, -0.2) is 59.3 Å². The Hall–Kier alpha value is 0.0300. The summed E-state index contributed by atoms with van der Waals surface area (Å²) in [7, 11) is -2.15. The van der Waals surface area contributed by atoms with Gasteiger partial charge >= 0.3 is 14.2 Å². The lowest BCUT2D eigenvalue weighted by Gasteiger charge is -2.35. The third-order valence-corrected chi connectivity index (χ3v) is 4.57. The van der Waals surface area contributed by atoms with Crippen LogP contribution < -0.4 is 11.8 Å². The fourth-order valence-electron chi connectivity index (χ4n) is 1.80. The van der Waals surface area contributed by atoms with E-state index in [-0.39, 0.29) is 12.6 Å². The predicted molar refractivity (Wildman–Crippen MR) is 58.7 cm³/mol. The minimum atomic E-state index is -3.44. The highest BCUT2D eigenvalue weighted by Crippen LogP contribution is 2.54. The van der Waals surface area contributed by atoms with Crippen molar-refractivity contribution in [1.82, 2.24) is 0 Å². The highest BCUT2D eigenvalue weighted by Gasteiger charge is 2.54. The monoisotopic (exact) mass is 304 g/mol. The van der Waals surface area contributed by atoms with Gasteiger partial charge in [-0.2, -0.15) is 11.8 Å². The first-order valence-corrected chi connectivity index (χ1v) is 7.30. The molecular weight excluding hydrogens is 283 g/mol. The first-order chi connectivity index (χ1) is 8.88. The van der Waals surface area contributed by atoms with Crippen LogP contribution in [0.1, 0.15) is 6.42 Å². The molecule has 0 aromatic heterocycles. The van der Waals surface area contributed by atoms with Crippen molar-refractivity contribution in [3.8, 4) is 0 Å². The zero-order valence-electron chi connectivity index (χ0n) is 10.5. The van der Waals surface area contributed by atoms with E-state index < -0.39 is 38.6 Å². The number of aliphatic hydroxyl groups is 3. The van der Waals surface area contributed by atoms with E-state index in [4.69, 9.17) is 9.47 Å². The molecule has 0 aromatic carbocycles. The van der Waals surface area contributed by atoms with Crippen molar-refractivity contribution in [2.75, 3.05) is 13.3 Å². The van der Waals surface area contributed by atoms with Gasteiger partial charge in [0.1, 0.15) is 12.2 Å². The smallest absolute Gasteiger partial charge is 0.388 e. The molecule has 19 heavy (non-hydrogen) atoms. The zero-order valence-corrected chi connectivity index (χ0v) is 11.4. The number of hydrogen-bond donors (Lipinski definition) is 5. The van der Waals surface area contributed by atoms with E-state index in [1.807, 2.05) is 0 Å². The standard InChI is InChI=1S/C8H21N2O8P/c1-15-8-7(13)6(12)5(11)4(16-8)2-3-19(14,17-9)18-10/h4-8,11-13H,2-3H2,1,9-10H3/q+4/t4-,5-,6+,7+,8+/m1/s1. The summed E-state index contributed by atoms with van der Waals surface area (Å²) < 4.78 is 19.0. The Labute approximate surface area is 110 Å². The van der Waals surface area contributed by atoms with Crippen LogP contribution in [0, 0.1) is 0 Å². The molecule has 11 heteroatoms. The van der Waals surface area contributed by atoms with Gasteiger partial charge in [0, 0.05) is 20.6 Å². The third kappa shape index (κ3) is 4.00. The van der Waals surface area contributed by atoms with E-state index in [1.165, 1.54) is 7.11 Å². The average Bonchev–Trinajstić information content (AvgIpc) is 2.43. The Bertz CT molecular complexity index is 279. The van der Waals surface area contributed by atoms with Gasteiger partial charge in [-0.05, 0) is 0 Å². The van der Waals surface area contributed by atoms with Gasteiger partial charge in [0.2, 0.25) is 7.11 Å². The van der Waals surface area contributed by atoms with Crippen molar-refractivity contribution >= 4 is 7.94 Å². The average molecular weight is 304 g/mol. The Morgan fingerprint density at radius 2 is 1.79 bits per heavy atom. The van der Waals surface area contributed by atoms with E-state index in [1.54, 1.807) is 0 Å². The molecule has 0 bridgehead atoms. The van der Waals surface area contributed by atoms with Gasteiger partial charge in [0.15, 0.2) is 12.3 Å². The summed E-state index contributed by atoms with van der Waals surface area (Å²) in [6.07, 6.45) is -6.16. The summed E-state index contributed by atoms with van der Waals surface area (Å²) in [5.74, 6) is 6.05. The van der Waals surface area contributed by atoms with Gasteiger partial charge in [-0.1, -0.05) is 0 Å². The summed E-state index contributed by atoms with van der Waals surface area (Å²) in [6, 6.07) is 0. The second-order valence-electron chi connectivity index (χ2n) is 4.13. The van der Waals surface area contributed by atoms with Crippen LogP contribution in [0.25, 0.3) is 0 Å². The van der Waals surface area contributed by atoms with Crippen LogP contribution in [0.3, 0.4) is 0 Å². The van der Waals surface area contributed by atoms with Crippen LogP contribution in [0.4, 0.5) is 0 Å². The lowest BCUT2D eigenvalue weighted by molar-refractivity contribution is -0.683. The second kappa shape index (κ2) is 7.16. The van der Waals surface area contributed by atoms with E-state index in [0.717, 1.165) is 0 Å². The summed E-state index contributed by atoms with van der Waals surface area (Å²) in [5, 5.41) is 29.0. The molecular formula is C8H21N2O8P+4. The normalized spacial score (nSPS) is 36.5. The van der Waals surface area contributed by atoms with E-state index >= 15 is 0 Å². The number of aliphatic hydroxyl groups excluding tert-OH is 3. The number of quaternary nitrogens is 2. The lowest BCUT2D eigenvalue weighted by atomic mass is 9.97. The molecule has 1 aliphatic heterocycles. The molecule has 1 aliphatic rings. The van der Waals surface area contributed by atoms with Gasteiger partial charge in [0.05, 0.1) is 6.10 Å². The maximum atomic E-state index is 11.7. The van der Waals surface area contributed by atoms with Gasteiger partial charge in [-0.3, -0.25) is 4.74 Å². The van der Waals surface area contributed by atoms with Gasteiger partial charge in [-0.25, -0.2) is 0 Å². The topological polar surface area (TPSA) is 175 Å². The molecule has 0 amide bonds. The Morgan fingerprint density at radius 1 is 1.21 bits per heavy atom. The molecule has 10 nitrogen and oxygen atoms in total. The first kappa shape index (κ1) is 17.1. The highest BCUT2D eigenvalue weighted by molar-refractivity contribution is 7.59. The third-order valence-electron chi connectivity index (χ3n) is 2.98. The SMILES string of the molecule is C[O+][C@H]1O[C@H](CC[P+]([O])(O[NH3+])O[NH3+])[C@@H](O)[C@H](O)[C@@H]1O.